The highest BCUT2D eigenvalue weighted by atomic mass is 16.6. The molecule has 0 aliphatic rings. The summed E-state index contributed by atoms with van der Waals surface area (Å²) < 4.78 is 16.9. The first-order valence-corrected chi connectivity index (χ1v) is 34.6. The maximum Gasteiger partial charge on any atom is 0.306 e. The number of carbonyl (C=O) groups excluding carboxylic acids is 3. The zero-order valence-corrected chi connectivity index (χ0v) is 52.5. The molecular weight excluding hydrogens is 961 g/mol. The van der Waals surface area contributed by atoms with E-state index < -0.39 is 6.10 Å². The van der Waals surface area contributed by atoms with E-state index in [0.29, 0.717) is 19.3 Å². The summed E-state index contributed by atoms with van der Waals surface area (Å²) in [6.07, 6.45) is 84.5. The number of unbranched alkanes of at least 4 members (excludes halogenated alkanes) is 45. The van der Waals surface area contributed by atoms with Gasteiger partial charge >= 0.3 is 17.9 Å². The molecule has 0 aliphatic heterocycles. The van der Waals surface area contributed by atoms with Crippen LogP contribution in [0, 0.1) is 0 Å². The van der Waals surface area contributed by atoms with Gasteiger partial charge in [0.2, 0.25) is 0 Å². The summed E-state index contributed by atoms with van der Waals surface area (Å²) in [7, 11) is 0. The molecule has 0 aromatic rings. The summed E-state index contributed by atoms with van der Waals surface area (Å²) in [6, 6.07) is 0. The van der Waals surface area contributed by atoms with Gasteiger partial charge in [-0.05, 0) is 57.8 Å². The van der Waals surface area contributed by atoms with Crippen LogP contribution in [0.2, 0.25) is 0 Å². The minimum atomic E-state index is -0.768. The predicted octanol–water partition coefficient (Wildman–Crippen LogP) is 23.7. The molecule has 1 unspecified atom stereocenters. The van der Waals surface area contributed by atoms with E-state index in [1.54, 1.807) is 0 Å². The maximum absolute atomic E-state index is 12.9. The Labute approximate surface area is 486 Å². The van der Waals surface area contributed by atoms with Crippen molar-refractivity contribution in [2.24, 2.45) is 0 Å². The normalized spacial score (nSPS) is 12.3. The molecule has 0 rings (SSSR count). The number of carbonyl (C=O) groups is 3. The van der Waals surface area contributed by atoms with Crippen molar-refractivity contribution in [1.82, 2.24) is 0 Å². The molecule has 0 saturated carbocycles. The third-order valence-corrected chi connectivity index (χ3v) is 15.6. The number of hydrogen-bond donors (Lipinski definition) is 0. The Morgan fingerprint density at radius 3 is 0.782 bits per heavy atom. The van der Waals surface area contributed by atoms with Crippen LogP contribution >= 0.6 is 0 Å². The summed E-state index contributed by atoms with van der Waals surface area (Å²) in [4.78, 5) is 38.2. The third kappa shape index (κ3) is 64.2. The van der Waals surface area contributed by atoms with Crippen LogP contribution in [0.5, 0.6) is 0 Å². The van der Waals surface area contributed by atoms with Crippen LogP contribution in [0.25, 0.3) is 0 Å². The Morgan fingerprint density at radius 2 is 0.500 bits per heavy atom. The minimum absolute atomic E-state index is 0.0674. The molecule has 0 aromatic heterocycles. The first kappa shape index (κ1) is 75.4. The minimum Gasteiger partial charge on any atom is -0.462 e. The third-order valence-electron chi connectivity index (χ3n) is 15.6. The lowest BCUT2D eigenvalue weighted by molar-refractivity contribution is -0.167. The Bertz CT molecular complexity index is 1350. The summed E-state index contributed by atoms with van der Waals surface area (Å²) >= 11 is 0. The highest BCUT2D eigenvalue weighted by molar-refractivity contribution is 5.71. The molecule has 0 bridgehead atoms. The predicted molar refractivity (Wildman–Crippen MR) is 339 cm³/mol. The van der Waals surface area contributed by atoms with Gasteiger partial charge in [0.25, 0.3) is 0 Å². The Balaban J connectivity index is 4.08. The molecule has 1 atom stereocenters. The Hall–Kier alpha value is -2.63. The van der Waals surface area contributed by atoms with E-state index in [0.717, 1.165) is 83.5 Å². The highest BCUT2D eigenvalue weighted by Gasteiger charge is 2.19. The van der Waals surface area contributed by atoms with Crippen LogP contribution in [0.4, 0.5) is 0 Å². The van der Waals surface area contributed by atoms with Crippen molar-refractivity contribution < 1.29 is 28.6 Å². The maximum atomic E-state index is 12.9. The second-order valence-corrected chi connectivity index (χ2v) is 23.4. The van der Waals surface area contributed by atoms with Crippen LogP contribution in [-0.4, -0.2) is 37.2 Å². The Kier molecular flexibility index (Phi) is 64.6. The van der Waals surface area contributed by atoms with Crippen LogP contribution in [0.15, 0.2) is 48.6 Å². The van der Waals surface area contributed by atoms with Crippen LogP contribution < -0.4 is 0 Å². The van der Waals surface area contributed by atoms with E-state index in [4.69, 9.17) is 14.2 Å². The number of allylic oxidation sites excluding steroid dienone is 8. The average Bonchev–Trinajstić information content (AvgIpc) is 3.44. The van der Waals surface area contributed by atoms with Gasteiger partial charge in [-0.3, -0.25) is 14.4 Å². The molecule has 6 heteroatoms. The smallest absolute Gasteiger partial charge is 0.306 e. The highest BCUT2D eigenvalue weighted by Crippen LogP contribution is 2.18. The largest absolute Gasteiger partial charge is 0.462 e. The van der Waals surface area contributed by atoms with E-state index in [9.17, 15) is 14.4 Å². The molecule has 0 spiro atoms. The molecule has 0 radical (unpaired) electrons. The van der Waals surface area contributed by atoms with Gasteiger partial charge in [0.1, 0.15) is 13.2 Å². The van der Waals surface area contributed by atoms with Gasteiger partial charge in [-0.25, -0.2) is 0 Å². The first-order valence-electron chi connectivity index (χ1n) is 34.6. The van der Waals surface area contributed by atoms with Crippen molar-refractivity contribution in [2.45, 2.75) is 380 Å². The van der Waals surface area contributed by atoms with E-state index in [-0.39, 0.29) is 31.1 Å². The number of ether oxygens (including phenoxy) is 3. The topological polar surface area (TPSA) is 78.9 Å². The summed E-state index contributed by atoms with van der Waals surface area (Å²) in [5, 5.41) is 0. The second-order valence-electron chi connectivity index (χ2n) is 23.4. The van der Waals surface area contributed by atoms with Crippen molar-refractivity contribution >= 4 is 17.9 Å². The summed E-state index contributed by atoms with van der Waals surface area (Å²) in [5.41, 5.74) is 0. The van der Waals surface area contributed by atoms with Gasteiger partial charge in [-0.15, -0.1) is 0 Å². The lowest BCUT2D eigenvalue weighted by Gasteiger charge is -2.18. The van der Waals surface area contributed by atoms with Gasteiger partial charge in [0.05, 0.1) is 0 Å². The van der Waals surface area contributed by atoms with Gasteiger partial charge in [0, 0.05) is 19.3 Å². The quantitative estimate of drug-likeness (QED) is 0.0261. The molecule has 0 aromatic carbocycles. The molecule has 6 nitrogen and oxygen atoms in total. The van der Waals surface area contributed by atoms with Gasteiger partial charge in [-0.1, -0.05) is 345 Å². The van der Waals surface area contributed by atoms with Gasteiger partial charge in [-0.2, -0.15) is 0 Å². The van der Waals surface area contributed by atoms with Crippen LogP contribution in [0.1, 0.15) is 374 Å². The Morgan fingerprint density at radius 1 is 0.269 bits per heavy atom. The lowest BCUT2D eigenvalue weighted by atomic mass is 10.0. The van der Waals surface area contributed by atoms with Crippen molar-refractivity contribution in [1.29, 1.82) is 0 Å². The van der Waals surface area contributed by atoms with Crippen molar-refractivity contribution in [3.05, 3.63) is 48.6 Å². The van der Waals surface area contributed by atoms with Crippen LogP contribution in [0.3, 0.4) is 0 Å². The summed E-state index contributed by atoms with van der Waals surface area (Å²) in [5.74, 6) is -0.847. The second kappa shape index (κ2) is 66.9. The standard InChI is InChI=1S/C72H132O6/c1-4-7-10-13-16-19-21-23-25-27-29-31-33-35-36-38-39-41-43-45-47-49-51-53-56-59-62-65-71(74)77-68-69(67-76-70(73)64-61-58-55-18-15-12-9-6-3)78-72(75)66-63-60-57-54-52-50-48-46-44-42-40-37-34-32-30-28-26-24-22-20-17-14-11-8-5-2/h7,10,16,19,23,25,29,31,69H,4-6,8-9,11-15,17-18,20-22,24,26-28,30,32-68H2,1-3H3/b10-7-,19-16-,25-23-,31-29-. The van der Waals surface area contributed by atoms with Crippen molar-refractivity contribution in [2.75, 3.05) is 13.2 Å². The molecule has 0 amide bonds. The summed E-state index contributed by atoms with van der Waals surface area (Å²) in [6.45, 7) is 6.56. The van der Waals surface area contributed by atoms with Crippen molar-refractivity contribution in [3.63, 3.8) is 0 Å². The first-order chi connectivity index (χ1) is 38.5. The molecule has 0 aliphatic carbocycles. The molecule has 78 heavy (non-hydrogen) atoms. The molecule has 0 heterocycles. The van der Waals surface area contributed by atoms with E-state index >= 15 is 0 Å². The average molecular weight is 1090 g/mol. The van der Waals surface area contributed by atoms with Gasteiger partial charge < -0.3 is 14.2 Å². The zero-order chi connectivity index (χ0) is 56.4. The van der Waals surface area contributed by atoms with E-state index in [2.05, 4.69) is 69.4 Å². The van der Waals surface area contributed by atoms with Crippen LogP contribution in [-0.2, 0) is 28.6 Å². The number of esters is 3. The molecule has 0 fully saturated rings. The monoisotopic (exact) mass is 1090 g/mol. The molecule has 456 valence electrons. The number of hydrogen-bond acceptors (Lipinski definition) is 6. The SMILES string of the molecule is CC/C=C\C/C=C\C/C=C\C/C=C\CCCCCCCCCCCCCCCCC(=O)OCC(COC(=O)CCCCCCCCCC)OC(=O)CCCCCCCCCCCCCCCCCCCCCCCCCCC. The van der Waals surface area contributed by atoms with E-state index in [1.165, 1.54) is 250 Å². The number of rotatable bonds is 64. The van der Waals surface area contributed by atoms with Crippen molar-refractivity contribution in [3.8, 4) is 0 Å². The molecule has 0 N–H and O–H groups in total. The zero-order valence-electron chi connectivity index (χ0n) is 52.5. The fourth-order valence-electron chi connectivity index (χ4n) is 10.4. The van der Waals surface area contributed by atoms with E-state index in [1.807, 2.05) is 0 Å². The molecule has 0 saturated heterocycles. The molecular formula is C72H132O6. The fraction of sp³-hybridized carbons (Fsp3) is 0.847. The van der Waals surface area contributed by atoms with Gasteiger partial charge in [0.15, 0.2) is 6.10 Å². The lowest BCUT2D eigenvalue weighted by Crippen LogP contribution is -2.30. The fourth-order valence-corrected chi connectivity index (χ4v) is 10.4.